The SMILES string of the molecule is O=C(N[C@H](c1cn2ncc(C3CC(O)(C(F)F)CCN3C(=O)[C@@H]3CCC(F)(F)CO3)nc2n1)C1CCC(F)(F)CC1)OCc1ccccc1. The summed E-state index contributed by atoms with van der Waals surface area (Å²) in [4.78, 5) is 36.5. The Morgan fingerprint density at radius 1 is 1.02 bits per heavy atom. The summed E-state index contributed by atoms with van der Waals surface area (Å²) in [6.07, 6.45) is -5.06. The second-order valence-electron chi connectivity index (χ2n) is 13.1. The number of carbonyl (C=O) groups is 2. The van der Waals surface area contributed by atoms with Gasteiger partial charge in [-0.25, -0.2) is 45.6 Å². The molecule has 4 atom stereocenters. The van der Waals surface area contributed by atoms with E-state index >= 15 is 0 Å². The third-order valence-electron chi connectivity index (χ3n) is 9.55. The Labute approximate surface area is 277 Å². The molecule has 6 rings (SSSR count). The minimum absolute atomic E-state index is 0.00185. The number of amides is 2. The average molecular weight is 699 g/mol. The van der Waals surface area contributed by atoms with Crippen molar-refractivity contribution in [1.82, 2.24) is 29.8 Å². The van der Waals surface area contributed by atoms with Crippen LogP contribution in [-0.2, 0) is 20.9 Å². The molecule has 49 heavy (non-hydrogen) atoms. The Morgan fingerprint density at radius 3 is 2.41 bits per heavy atom. The van der Waals surface area contributed by atoms with Crippen LogP contribution in [0.3, 0.4) is 0 Å². The fraction of sp³-hybridized carbons (Fsp3) is 0.594. The number of alkyl halides is 6. The van der Waals surface area contributed by atoms with Crippen LogP contribution in [0.2, 0.25) is 0 Å². The number of imidazole rings is 1. The lowest BCUT2D eigenvalue weighted by molar-refractivity contribution is -0.182. The molecule has 2 unspecified atom stereocenters. The van der Waals surface area contributed by atoms with E-state index < -0.39 is 85.8 Å². The maximum absolute atomic E-state index is 14.1. The number of fused-ring (bicyclic) bond motifs is 1. The number of aromatic nitrogens is 4. The molecular weight excluding hydrogens is 662 g/mol. The lowest BCUT2D eigenvalue weighted by Crippen LogP contribution is -2.55. The zero-order chi connectivity index (χ0) is 35.0. The normalized spacial score (nSPS) is 26.4. The number of piperidine rings is 1. The number of hydrogen-bond acceptors (Lipinski definition) is 8. The number of benzene rings is 1. The number of rotatable bonds is 8. The Morgan fingerprint density at radius 2 is 1.73 bits per heavy atom. The molecule has 266 valence electrons. The van der Waals surface area contributed by atoms with Crippen molar-refractivity contribution in [2.24, 2.45) is 5.92 Å². The predicted molar refractivity (Wildman–Crippen MR) is 159 cm³/mol. The number of nitrogens with one attached hydrogen (secondary N) is 1. The van der Waals surface area contributed by atoms with Crippen molar-refractivity contribution >= 4 is 17.8 Å². The Balaban J connectivity index is 1.27. The molecule has 4 heterocycles. The van der Waals surface area contributed by atoms with Crippen LogP contribution in [-0.4, -0.2) is 84.7 Å². The van der Waals surface area contributed by atoms with Crippen LogP contribution in [0.5, 0.6) is 0 Å². The molecule has 11 nitrogen and oxygen atoms in total. The molecule has 1 saturated carbocycles. The quantitative estimate of drug-likeness (QED) is 0.300. The van der Waals surface area contributed by atoms with Crippen LogP contribution < -0.4 is 5.32 Å². The topological polar surface area (TPSA) is 131 Å². The van der Waals surface area contributed by atoms with Crippen LogP contribution in [0.15, 0.2) is 42.7 Å². The van der Waals surface area contributed by atoms with Gasteiger partial charge in [-0.3, -0.25) is 4.79 Å². The molecule has 0 spiro atoms. The molecule has 0 radical (unpaired) electrons. The Bertz CT molecular complexity index is 1630. The van der Waals surface area contributed by atoms with Gasteiger partial charge in [-0.05, 0) is 37.2 Å². The fourth-order valence-electron chi connectivity index (χ4n) is 6.68. The van der Waals surface area contributed by atoms with Gasteiger partial charge >= 0.3 is 6.09 Å². The Hall–Kier alpha value is -3.99. The molecule has 2 aliphatic heterocycles. The van der Waals surface area contributed by atoms with Crippen LogP contribution in [0.4, 0.5) is 31.1 Å². The van der Waals surface area contributed by atoms with Gasteiger partial charge in [0.05, 0.1) is 35.9 Å². The van der Waals surface area contributed by atoms with E-state index in [0.29, 0.717) is 0 Å². The van der Waals surface area contributed by atoms with E-state index in [1.165, 1.54) is 21.8 Å². The lowest BCUT2D eigenvalue weighted by atomic mass is 9.81. The molecule has 3 fully saturated rings. The number of halogens is 6. The van der Waals surface area contributed by atoms with Gasteiger partial charge in [0, 0.05) is 32.2 Å². The zero-order valence-corrected chi connectivity index (χ0v) is 26.3. The summed E-state index contributed by atoms with van der Waals surface area (Å²) in [7, 11) is 0. The van der Waals surface area contributed by atoms with Crippen molar-refractivity contribution < 1.29 is 50.5 Å². The minimum Gasteiger partial charge on any atom is -0.445 e. The smallest absolute Gasteiger partial charge is 0.408 e. The van der Waals surface area contributed by atoms with Gasteiger partial charge in [0.15, 0.2) is 0 Å². The van der Waals surface area contributed by atoms with Gasteiger partial charge in [-0.1, -0.05) is 30.3 Å². The van der Waals surface area contributed by atoms with Crippen molar-refractivity contribution in [1.29, 1.82) is 0 Å². The molecule has 2 aromatic heterocycles. The highest BCUT2D eigenvalue weighted by molar-refractivity contribution is 5.81. The lowest BCUT2D eigenvalue weighted by Gasteiger charge is -2.44. The molecule has 1 aliphatic carbocycles. The monoisotopic (exact) mass is 698 g/mol. The maximum Gasteiger partial charge on any atom is 0.408 e. The number of likely N-dealkylation sites (tertiary alicyclic amines) is 1. The first kappa shape index (κ1) is 34.9. The summed E-state index contributed by atoms with van der Waals surface area (Å²) in [6.45, 7) is -1.31. The highest BCUT2D eigenvalue weighted by Gasteiger charge is 2.49. The van der Waals surface area contributed by atoms with E-state index in [4.69, 9.17) is 9.47 Å². The zero-order valence-electron chi connectivity index (χ0n) is 26.3. The van der Waals surface area contributed by atoms with E-state index in [1.807, 2.05) is 6.07 Å². The molecule has 17 heteroatoms. The van der Waals surface area contributed by atoms with Crippen molar-refractivity contribution in [2.45, 2.75) is 100 Å². The van der Waals surface area contributed by atoms with Gasteiger partial charge in [-0.15, -0.1) is 0 Å². The van der Waals surface area contributed by atoms with Crippen LogP contribution in [0, 0.1) is 5.92 Å². The van der Waals surface area contributed by atoms with Crippen molar-refractivity contribution in [3.05, 3.63) is 59.7 Å². The number of alkyl carbamates (subject to hydrolysis) is 1. The molecule has 2 saturated heterocycles. The van der Waals surface area contributed by atoms with E-state index in [2.05, 4.69) is 20.4 Å². The van der Waals surface area contributed by atoms with Crippen molar-refractivity contribution in [3.8, 4) is 0 Å². The summed E-state index contributed by atoms with van der Waals surface area (Å²) >= 11 is 0. The molecule has 2 N–H and O–H groups in total. The first-order valence-corrected chi connectivity index (χ1v) is 16.1. The summed E-state index contributed by atoms with van der Waals surface area (Å²) in [5.74, 6) is -7.12. The third kappa shape index (κ3) is 7.92. The van der Waals surface area contributed by atoms with E-state index in [-0.39, 0.29) is 62.4 Å². The highest BCUT2D eigenvalue weighted by atomic mass is 19.3. The molecule has 1 aromatic carbocycles. The second kappa shape index (κ2) is 13.7. The summed E-state index contributed by atoms with van der Waals surface area (Å²) in [5, 5.41) is 17.8. The number of ether oxygens (including phenoxy) is 2. The first-order chi connectivity index (χ1) is 23.2. The number of hydrogen-bond donors (Lipinski definition) is 2. The van der Waals surface area contributed by atoms with Gasteiger partial charge < -0.3 is 24.8 Å². The number of nitrogens with zero attached hydrogens (tertiary/aromatic N) is 5. The Kier molecular flexibility index (Phi) is 9.77. The number of aliphatic hydroxyl groups is 1. The van der Waals surface area contributed by atoms with Gasteiger partial charge in [0.2, 0.25) is 5.92 Å². The van der Waals surface area contributed by atoms with Crippen LogP contribution in [0.1, 0.15) is 80.4 Å². The predicted octanol–water partition coefficient (Wildman–Crippen LogP) is 5.39. The van der Waals surface area contributed by atoms with Gasteiger partial charge in [0.1, 0.15) is 24.9 Å². The van der Waals surface area contributed by atoms with E-state index in [9.17, 15) is 41.0 Å². The molecule has 2 amide bonds. The third-order valence-corrected chi connectivity index (χ3v) is 9.55. The first-order valence-electron chi connectivity index (χ1n) is 16.1. The van der Waals surface area contributed by atoms with Gasteiger partial charge in [0.25, 0.3) is 24.0 Å². The fourth-order valence-corrected chi connectivity index (χ4v) is 6.68. The van der Waals surface area contributed by atoms with Crippen LogP contribution in [0.25, 0.3) is 5.78 Å². The molecule has 3 aromatic rings. The average Bonchev–Trinajstić information content (AvgIpc) is 3.50. The highest BCUT2D eigenvalue weighted by Crippen LogP contribution is 2.43. The molecule has 3 aliphatic rings. The van der Waals surface area contributed by atoms with Gasteiger partial charge in [-0.2, -0.15) is 5.10 Å². The summed E-state index contributed by atoms with van der Waals surface area (Å²) in [6, 6.07) is 6.83. The minimum atomic E-state index is -3.15. The molecular formula is C32H36F6N6O5. The second-order valence-corrected chi connectivity index (χ2v) is 13.1. The van der Waals surface area contributed by atoms with Crippen molar-refractivity contribution in [2.75, 3.05) is 13.2 Å². The van der Waals surface area contributed by atoms with Crippen LogP contribution >= 0.6 is 0 Å². The maximum atomic E-state index is 14.1. The summed E-state index contributed by atoms with van der Waals surface area (Å²) in [5.41, 5.74) is -1.49. The molecule has 0 bridgehead atoms. The van der Waals surface area contributed by atoms with E-state index in [1.54, 1.807) is 24.3 Å². The summed E-state index contributed by atoms with van der Waals surface area (Å²) < 4.78 is 95.3. The number of carbonyl (C=O) groups excluding carboxylic acids is 2. The van der Waals surface area contributed by atoms with Crippen molar-refractivity contribution in [3.63, 3.8) is 0 Å². The largest absolute Gasteiger partial charge is 0.445 e. The van der Waals surface area contributed by atoms with E-state index in [0.717, 1.165) is 5.56 Å². The standard InChI is InChI=1S/C32H36F6N6O5/c33-27(34)30(47)12-13-43(26(45)24-8-11-32(37,38)18-49-24)23(14-30)21-15-39-44-16-22(41-28(44)40-21)25(20-6-9-31(35,36)10-7-20)42-29(46)48-17-19-4-2-1-3-5-19/h1-5,15-16,20,23-25,27,47H,6-14,17-18H2,(H,42,46)/t23?,24-,25-,30?/m0/s1.